The molecule has 1 amide bonds. The van der Waals surface area contributed by atoms with Gasteiger partial charge in [-0.05, 0) is 78.7 Å². The Labute approximate surface area is 204 Å². The zero-order chi connectivity index (χ0) is 23.8. The van der Waals surface area contributed by atoms with E-state index in [1.807, 2.05) is 97.9 Å². The average Bonchev–Trinajstić information content (AvgIpc) is 2.86. The molecule has 4 aromatic carbocycles. The third kappa shape index (κ3) is 6.77. The Hall–Kier alpha value is -3.96. The van der Waals surface area contributed by atoms with Crippen LogP contribution in [0.3, 0.4) is 0 Å². The van der Waals surface area contributed by atoms with Crippen LogP contribution in [0.25, 0.3) is 0 Å². The van der Waals surface area contributed by atoms with Gasteiger partial charge in [0, 0.05) is 22.9 Å². The molecule has 5 nitrogen and oxygen atoms in total. The van der Waals surface area contributed by atoms with Crippen LogP contribution >= 0.6 is 11.6 Å². The lowest BCUT2D eigenvalue weighted by molar-refractivity contribution is -0.118. The Kier molecular flexibility index (Phi) is 7.68. The number of carbonyl (C=O) groups excluding carboxylic acids is 1. The van der Waals surface area contributed by atoms with Crippen LogP contribution in [0.1, 0.15) is 11.1 Å². The summed E-state index contributed by atoms with van der Waals surface area (Å²) in [5.41, 5.74) is 3.69. The van der Waals surface area contributed by atoms with Crippen molar-refractivity contribution in [2.75, 3.05) is 17.2 Å². The van der Waals surface area contributed by atoms with Gasteiger partial charge in [-0.15, -0.1) is 0 Å². The topological polar surface area (TPSA) is 59.6 Å². The average molecular weight is 473 g/mol. The molecule has 0 saturated carbocycles. The highest BCUT2D eigenvalue weighted by Gasteiger charge is 2.06. The number of halogens is 1. The molecule has 0 bridgehead atoms. The summed E-state index contributed by atoms with van der Waals surface area (Å²) in [5, 5.41) is 6.78. The van der Waals surface area contributed by atoms with E-state index < -0.39 is 0 Å². The molecule has 0 radical (unpaired) electrons. The predicted octanol–water partition coefficient (Wildman–Crippen LogP) is 7.07. The van der Waals surface area contributed by atoms with Gasteiger partial charge in [0.05, 0.1) is 0 Å². The monoisotopic (exact) mass is 472 g/mol. The van der Waals surface area contributed by atoms with Crippen molar-refractivity contribution >= 4 is 28.9 Å². The van der Waals surface area contributed by atoms with Crippen LogP contribution in [0, 0.1) is 6.92 Å². The third-order valence-corrected chi connectivity index (χ3v) is 5.49. The van der Waals surface area contributed by atoms with Gasteiger partial charge >= 0.3 is 0 Å². The molecule has 0 heterocycles. The van der Waals surface area contributed by atoms with Crippen molar-refractivity contribution in [1.29, 1.82) is 0 Å². The van der Waals surface area contributed by atoms with E-state index >= 15 is 0 Å². The minimum Gasteiger partial charge on any atom is -0.484 e. The van der Waals surface area contributed by atoms with Crippen molar-refractivity contribution in [2.24, 2.45) is 0 Å². The van der Waals surface area contributed by atoms with Crippen LogP contribution in [0.2, 0.25) is 5.02 Å². The molecular weight excluding hydrogens is 448 g/mol. The number of para-hydroxylation sites is 1. The lowest BCUT2D eigenvalue weighted by atomic mass is 10.2. The third-order valence-electron chi connectivity index (χ3n) is 5.08. The zero-order valence-electron chi connectivity index (χ0n) is 18.8. The predicted molar refractivity (Wildman–Crippen MR) is 137 cm³/mol. The van der Waals surface area contributed by atoms with Gasteiger partial charge in [-0.1, -0.05) is 48.0 Å². The summed E-state index contributed by atoms with van der Waals surface area (Å²) < 4.78 is 11.4. The number of amides is 1. The van der Waals surface area contributed by atoms with E-state index in [1.165, 1.54) is 0 Å². The van der Waals surface area contributed by atoms with E-state index in [-0.39, 0.29) is 12.5 Å². The number of hydrogen-bond donors (Lipinski definition) is 2. The van der Waals surface area contributed by atoms with E-state index in [1.54, 1.807) is 6.07 Å². The molecular formula is C28H25ClN2O3. The molecule has 0 saturated heterocycles. The Balaban J connectivity index is 1.22. The van der Waals surface area contributed by atoms with E-state index in [4.69, 9.17) is 21.1 Å². The number of nitrogens with one attached hydrogen (secondary N) is 2. The lowest BCUT2D eigenvalue weighted by Crippen LogP contribution is -2.20. The summed E-state index contributed by atoms with van der Waals surface area (Å²) >= 11 is 6.09. The van der Waals surface area contributed by atoms with Gasteiger partial charge < -0.3 is 20.1 Å². The van der Waals surface area contributed by atoms with Crippen molar-refractivity contribution in [1.82, 2.24) is 0 Å². The summed E-state index contributed by atoms with van der Waals surface area (Å²) in [4.78, 5) is 12.1. The summed E-state index contributed by atoms with van der Waals surface area (Å²) in [6, 6.07) is 30.5. The van der Waals surface area contributed by atoms with Crippen LogP contribution in [-0.2, 0) is 11.3 Å². The van der Waals surface area contributed by atoms with Crippen LogP contribution in [-0.4, -0.2) is 12.5 Å². The summed E-state index contributed by atoms with van der Waals surface area (Å²) in [7, 11) is 0. The number of carbonyl (C=O) groups is 1. The molecule has 0 atom stereocenters. The van der Waals surface area contributed by atoms with Gasteiger partial charge in [-0.25, -0.2) is 0 Å². The molecule has 4 rings (SSSR count). The Bertz CT molecular complexity index is 1230. The normalized spacial score (nSPS) is 10.4. The standard InChI is InChI=1S/C28H25ClN2O3/c1-20-7-10-23(17-27(20)29)31-28(32)19-33-24-13-8-21(9-14-24)18-30-22-11-15-26(16-12-22)34-25-5-3-2-4-6-25/h2-17,30H,18-19H2,1H3,(H,31,32). The second-order valence-electron chi connectivity index (χ2n) is 7.74. The largest absolute Gasteiger partial charge is 0.484 e. The van der Waals surface area contributed by atoms with Gasteiger partial charge in [-0.2, -0.15) is 0 Å². The maximum absolute atomic E-state index is 12.1. The van der Waals surface area contributed by atoms with Crippen LogP contribution in [0.15, 0.2) is 97.1 Å². The minimum absolute atomic E-state index is 0.0828. The minimum atomic E-state index is -0.245. The zero-order valence-corrected chi connectivity index (χ0v) is 19.5. The molecule has 0 aliphatic rings. The first-order valence-electron chi connectivity index (χ1n) is 10.9. The fourth-order valence-corrected chi connectivity index (χ4v) is 3.37. The second kappa shape index (κ2) is 11.3. The molecule has 0 aliphatic heterocycles. The van der Waals surface area contributed by atoms with Gasteiger partial charge in [0.1, 0.15) is 17.2 Å². The van der Waals surface area contributed by atoms with Crippen LogP contribution in [0.4, 0.5) is 11.4 Å². The van der Waals surface area contributed by atoms with Crippen molar-refractivity contribution in [3.8, 4) is 17.2 Å². The first-order chi connectivity index (χ1) is 16.5. The molecule has 0 aromatic heterocycles. The molecule has 6 heteroatoms. The maximum atomic E-state index is 12.1. The van der Waals surface area contributed by atoms with Crippen molar-refractivity contribution in [3.63, 3.8) is 0 Å². The Morgan fingerprint density at radius 2 is 1.44 bits per heavy atom. The smallest absolute Gasteiger partial charge is 0.262 e. The Morgan fingerprint density at radius 3 is 2.15 bits per heavy atom. The van der Waals surface area contributed by atoms with E-state index in [2.05, 4.69) is 10.6 Å². The summed E-state index contributed by atoms with van der Waals surface area (Å²) in [6.07, 6.45) is 0. The molecule has 4 aromatic rings. The van der Waals surface area contributed by atoms with Crippen molar-refractivity contribution < 1.29 is 14.3 Å². The van der Waals surface area contributed by atoms with Crippen molar-refractivity contribution in [2.45, 2.75) is 13.5 Å². The van der Waals surface area contributed by atoms with Gasteiger partial charge in [0.25, 0.3) is 5.91 Å². The van der Waals surface area contributed by atoms with E-state index in [9.17, 15) is 4.79 Å². The SMILES string of the molecule is Cc1ccc(NC(=O)COc2ccc(CNc3ccc(Oc4ccccc4)cc3)cc2)cc1Cl. The molecule has 0 aliphatic carbocycles. The second-order valence-corrected chi connectivity index (χ2v) is 8.15. The lowest BCUT2D eigenvalue weighted by Gasteiger charge is -2.10. The highest BCUT2D eigenvalue weighted by atomic mass is 35.5. The number of aryl methyl sites for hydroxylation is 1. The number of anilines is 2. The number of hydrogen-bond acceptors (Lipinski definition) is 4. The molecule has 2 N–H and O–H groups in total. The van der Waals surface area contributed by atoms with Crippen molar-refractivity contribution in [3.05, 3.63) is 113 Å². The number of rotatable bonds is 9. The fraction of sp³-hybridized carbons (Fsp3) is 0.107. The summed E-state index contributed by atoms with van der Waals surface area (Å²) in [6.45, 7) is 2.49. The highest BCUT2D eigenvalue weighted by molar-refractivity contribution is 6.31. The molecule has 0 spiro atoms. The maximum Gasteiger partial charge on any atom is 0.262 e. The van der Waals surface area contributed by atoms with Gasteiger partial charge in [0.2, 0.25) is 0 Å². The van der Waals surface area contributed by atoms with Gasteiger partial charge in [-0.3, -0.25) is 4.79 Å². The number of benzene rings is 4. The fourth-order valence-electron chi connectivity index (χ4n) is 3.19. The molecule has 0 unspecified atom stereocenters. The van der Waals surface area contributed by atoms with E-state index in [0.717, 1.165) is 28.3 Å². The first-order valence-corrected chi connectivity index (χ1v) is 11.3. The molecule has 34 heavy (non-hydrogen) atoms. The number of ether oxygens (including phenoxy) is 2. The van der Waals surface area contributed by atoms with Crippen LogP contribution in [0.5, 0.6) is 17.2 Å². The quantitative estimate of drug-likeness (QED) is 0.273. The highest BCUT2D eigenvalue weighted by Crippen LogP contribution is 2.23. The molecule has 172 valence electrons. The first kappa shape index (κ1) is 23.2. The van der Waals surface area contributed by atoms with Crippen LogP contribution < -0.4 is 20.1 Å². The molecule has 0 fully saturated rings. The summed E-state index contributed by atoms with van der Waals surface area (Å²) in [5.74, 6) is 1.98. The Morgan fingerprint density at radius 1 is 0.794 bits per heavy atom. The van der Waals surface area contributed by atoms with E-state index in [0.29, 0.717) is 23.0 Å². The van der Waals surface area contributed by atoms with Gasteiger partial charge in [0.15, 0.2) is 6.61 Å².